The average Bonchev–Trinajstić information content (AvgIpc) is 2.97. The Bertz CT molecular complexity index is 869. The summed E-state index contributed by atoms with van der Waals surface area (Å²) in [4.78, 5) is 22.8. The summed E-state index contributed by atoms with van der Waals surface area (Å²) in [5.41, 5.74) is 3.59. The number of carbonyl (C=O) groups is 1. The Morgan fingerprint density at radius 2 is 2.00 bits per heavy atom. The molecule has 0 aliphatic carbocycles. The predicted octanol–water partition coefficient (Wildman–Crippen LogP) is 1.66. The van der Waals surface area contributed by atoms with E-state index >= 15 is 0 Å². The summed E-state index contributed by atoms with van der Waals surface area (Å²) in [5.74, 6) is 0.434. The van der Waals surface area contributed by atoms with Gasteiger partial charge in [0.1, 0.15) is 0 Å². The summed E-state index contributed by atoms with van der Waals surface area (Å²) in [7, 11) is 0. The van der Waals surface area contributed by atoms with Crippen LogP contribution in [0.2, 0.25) is 0 Å². The fourth-order valence-electron chi connectivity index (χ4n) is 3.16. The summed E-state index contributed by atoms with van der Waals surface area (Å²) >= 11 is 0. The molecule has 0 radical (unpaired) electrons. The summed E-state index contributed by atoms with van der Waals surface area (Å²) in [5, 5.41) is 9.06. The van der Waals surface area contributed by atoms with Crippen LogP contribution >= 0.6 is 0 Å². The summed E-state index contributed by atoms with van der Waals surface area (Å²) < 4.78 is 1.88. The van der Waals surface area contributed by atoms with Crippen molar-refractivity contribution in [3.05, 3.63) is 60.2 Å². The molecule has 3 heterocycles. The van der Waals surface area contributed by atoms with Crippen LogP contribution in [0, 0.1) is 0 Å². The van der Waals surface area contributed by atoms with Crippen LogP contribution in [-0.4, -0.2) is 50.1 Å². The number of amides is 1. The Kier molecular flexibility index (Phi) is 3.74. The molecule has 6 nitrogen and oxygen atoms in total. The van der Waals surface area contributed by atoms with Gasteiger partial charge < -0.3 is 14.6 Å². The van der Waals surface area contributed by atoms with Crippen molar-refractivity contribution in [3.8, 4) is 0 Å². The number of hydrogen-bond acceptors (Lipinski definition) is 4. The van der Waals surface area contributed by atoms with E-state index < -0.39 is 0 Å². The Morgan fingerprint density at radius 3 is 2.75 bits per heavy atom. The van der Waals surface area contributed by atoms with Gasteiger partial charge in [0.2, 0.25) is 0 Å². The van der Waals surface area contributed by atoms with Crippen molar-refractivity contribution in [2.75, 3.05) is 19.7 Å². The zero-order valence-corrected chi connectivity index (χ0v) is 13.2. The number of aliphatic hydroxyl groups excluding tert-OH is 1. The normalized spacial score (nSPS) is 14.8. The molecule has 1 amide bonds. The van der Waals surface area contributed by atoms with Crippen molar-refractivity contribution < 1.29 is 9.90 Å². The quantitative estimate of drug-likeness (QED) is 0.793. The third kappa shape index (κ3) is 2.55. The highest BCUT2D eigenvalue weighted by molar-refractivity contribution is 5.98. The Labute approximate surface area is 139 Å². The smallest absolute Gasteiger partial charge is 0.253 e. The number of imidazole rings is 1. The number of hydrogen-bond donors (Lipinski definition) is 1. The Hall–Kier alpha value is -2.73. The molecule has 2 aromatic heterocycles. The SMILES string of the molecule is O=C(c1ccc2c(c1)ncn2CCO)N1CC(c2ccncc2)C1. The standard InChI is InChI=1S/C18H18N4O2/c23-8-7-21-12-20-16-9-14(1-2-17(16)21)18(24)22-10-15(11-22)13-3-5-19-6-4-13/h1-6,9,12,15,23H,7-8,10-11H2. The Balaban J connectivity index is 1.48. The molecule has 1 aliphatic rings. The van der Waals surface area contributed by atoms with Crippen LogP contribution in [0.25, 0.3) is 11.0 Å². The Morgan fingerprint density at radius 1 is 1.21 bits per heavy atom. The minimum Gasteiger partial charge on any atom is -0.395 e. The van der Waals surface area contributed by atoms with Crippen LogP contribution in [0.1, 0.15) is 21.8 Å². The molecule has 24 heavy (non-hydrogen) atoms. The van der Waals surface area contributed by atoms with Gasteiger partial charge >= 0.3 is 0 Å². The van der Waals surface area contributed by atoms with Gasteiger partial charge in [0.15, 0.2) is 0 Å². The van der Waals surface area contributed by atoms with Gasteiger partial charge in [-0.25, -0.2) is 4.98 Å². The van der Waals surface area contributed by atoms with Crippen molar-refractivity contribution in [1.82, 2.24) is 19.4 Å². The first-order chi connectivity index (χ1) is 11.8. The molecule has 3 aromatic rings. The monoisotopic (exact) mass is 322 g/mol. The van der Waals surface area contributed by atoms with E-state index in [2.05, 4.69) is 9.97 Å². The molecule has 1 saturated heterocycles. The lowest BCUT2D eigenvalue weighted by Crippen LogP contribution is -2.48. The van der Waals surface area contributed by atoms with E-state index in [1.54, 1.807) is 18.7 Å². The number of aliphatic hydroxyl groups is 1. The van der Waals surface area contributed by atoms with E-state index in [1.165, 1.54) is 5.56 Å². The zero-order valence-electron chi connectivity index (χ0n) is 13.2. The number of rotatable bonds is 4. The maximum Gasteiger partial charge on any atom is 0.253 e. The van der Waals surface area contributed by atoms with E-state index in [0.717, 1.165) is 24.1 Å². The molecule has 1 aliphatic heterocycles. The molecule has 6 heteroatoms. The van der Waals surface area contributed by atoms with Crippen molar-refractivity contribution in [2.45, 2.75) is 12.5 Å². The molecule has 0 atom stereocenters. The highest BCUT2D eigenvalue weighted by atomic mass is 16.3. The van der Waals surface area contributed by atoms with Crippen LogP contribution in [-0.2, 0) is 6.54 Å². The van der Waals surface area contributed by atoms with Gasteiger partial charge in [-0.15, -0.1) is 0 Å². The van der Waals surface area contributed by atoms with Crippen molar-refractivity contribution in [2.24, 2.45) is 0 Å². The maximum absolute atomic E-state index is 12.6. The van der Waals surface area contributed by atoms with E-state index in [9.17, 15) is 4.79 Å². The van der Waals surface area contributed by atoms with Gasteiger partial charge in [-0.2, -0.15) is 0 Å². The summed E-state index contributed by atoms with van der Waals surface area (Å²) in [6.07, 6.45) is 5.27. The lowest BCUT2D eigenvalue weighted by molar-refractivity contribution is 0.0602. The van der Waals surface area contributed by atoms with Gasteiger partial charge in [-0.1, -0.05) is 0 Å². The number of pyridine rings is 1. The molecule has 4 rings (SSSR count). The van der Waals surface area contributed by atoms with Gasteiger partial charge in [-0.3, -0.25) is 9.78 Å². The zero-order chi connectivity index (χ0) is 16.5. The second-order valence-electron chi connectivity index (χ2n) is 6.05. The third-order valence-corrected chi connectivity index (χ3v) is 4.56. The second kappa shape index (κ2) is 6.05. The average molecular weight is 322 g/mol. The molecule has 0 bridgehead atoms. The highest BCUT2D eigenvalue weighted by Gasteiger charge is 2.32. The molecule has 0 unspecified atom stereocenters. The van der Waals surface area contributed by atoms with Gasteiger partial charge in [0, 0.05) is 43.5 Å². The number of fused-ring (bicyclic) bond motifs is 1. The van der Waals surface area contributed by atoms with Crippen molar-refractivity contribution in [1.29, 1.82) is 0 Å². The van der Waals surface area contributed by atoms with E-state index in [4.69, 9.17) is 5.11 Å². The molecule has 1 N–H and O–H groups in total. The lowest BCUT2D eigenvalue weighted by atomic mass is 9.91. The first-order valence-corrected chi connectivity index (χ1v) is 8.01. The molecule has 0 saturated carbocycles. The third-order valence-electron chi connectivity index (χ3n) is 4.56. The van der Waals surface area contributed by atoms with Crippen LogP contribution in [0.3, 0.4) is 0 Å². The van der Waals surface area contributed by atoms with Crippen LogP contribution < -0.4 is 0 Å². The number of carbonyl (C=O) groups excluding carboxylic acids is 1. The molecule has 0 spiro atoms. The molecular formula is C18H18N4O2. The van der Waals surface area contributed by atoms with Crippen LogP contribution in [0.15, 0.2) is 49.1 Å². The number of likely N-dealkylation sites (tertiary alicyclic amines) is 1. The van der Waals surface area contributed by atoms with E-state index in [1.807, 2.05) is 39.8 Å². The van der Waals surface area contributed by atoms with Gasteiger partial charge in [0.25, 0.3) is 5.91 Å². The fourth-order valence-corrected chi connectivity index (χ4v) is 3.16. The van der Waals surface area contributed by atoms with E-state index in [-0.39, 0.29) is 12.5 Å². The predicted molar refractivity (Wildman–Crippen MR) is 89.7 cm³/mol. The van der Waals surface area contributed by atoms with Gasteiger partial charge in [0.05, 0.1) is 24.0 Å². The molecule has 1 fully saturated rings. The minimum absolute atomic E-state index is 0.0407. The fraction of sp³-hybridized carbons (Fsp3) is 0.278. The first kappa shape index (κ1) is 14.8. The minimum atomic E-state index is 0.0407. The number of nitrogens with zero attached hydrogens (tertiary/aromatic N) is 4. The first-order valence-electron chi connectivity index (χ1n) is 8.01. The maximum atomic E-state index is 12.6. The second-order valence-corrected chi connectivity index (χ2v) is 6.05. The van der Waals surface area contributed by atoms with E-state index in [0.29, 0.717) is 18.0 Å². The molecule has 1 aromatic carbocycles. The lowest BCUT2D eigenvalue weighted by Gasteiger charge is -2.39. The van der Waals surface area contributed by atoms with Crippen LogP contribution in [0.5, 0.6) is 0 Å². The molecular weight excluding hydrogens is 304 g/mol. The number of benzene rings is 1. The van der Waals surface area contributed by atoms with Gasteiger partial charge in [-0.05, 0) is 35.9 Å². The largest absolute Gasteiger partial charge is 0.395 e. The van der Waals surface area contributed by atoms with Crippen molar-refractivity contribution >= 4 is 16.9 Å². The highest BCUT2D eigenvalue weighted by Crippen LogP contribution is 2.28. The number of aromatic nitrogens is 3. The molecule has 122 valence electrons. The van der Waals surface area contributed by atoms with Crippen LogP contribution in [0.4, 0.5) is 0 Å². The summed E-state index contributed by atoms with van der Waals surface area (Å²) in [6, 6.07) is 9.56. The topological polar surface area (TPSA) is 71.2 Å². The van der Waals surface area contributed by atoms with Crippen molar-refractivity contribution in [3.63, 3.8) is 0 Å². The summed E-state index contributed by atoms with van der Waals surface area (Å²) in [6.45, 7) is 2.04.